The quantitative estimate of drug-likeness (QED) is 0.805. The molecule has 1 aromatic rings. The van der Waals surface area contributed by atoms with Crippen LogP contribution in [0.5, 0.6) is 0 Å². The maximum absolute atomic E-state index is 11.8. The van der Waals surface area contributed by atoms with Crippen LogP contribution >= 0.6 is 11.6 Å². The van der Waals surface area contributed by atoms with Crippen LogP contribution in [-0.2, 0) is 10.2 Å². The lowest BCUT2D eigenvalue weighted by molar-refractivity contribution is 0.299. The van der Waals surface area contributed by atoms with Gasteiger partial charge < -0.3 is 4.90 Å². The molecule has 0 saturated carbocycles. The monoisotopic (exact) mass is 319 g/mol. The van der Waals surface area contributed by atoms with Gasteiger partial charge in [0.05, 0.1) is 0 Å². The smallest absolute Gasteiger partial charge is 0.277 e. The lowest BCUT2D eigenvalue weighted by Crippen LogP contribution is -2.43. The first-order valence-corrected chi connectivity index (χ1v) is 8.27. The van der Waals surface area contributed by atoms with Crippen molar-refractivity contribution < 1.29 is 8.42 Å². The zero-order valence-corrected chi connectivity index (χ0v) is 13.8. The van der Waals surface area contributed by atoms with Crippen molar-refractivity contribution in [2.24, 2.45) is 0 Å². The maximum Gasteiger partial charge on any atom is 0.277 e. The molecule has 0 saturated heterocycles. The number of nitrogens with zero attached hydrogens (tertiary/aromatic N) is 1. The molecule has 2 N–H and O–H groups in total. The van der Waals surface area contributed by atoms with Crippen LogP contribution in [-0.4, -0.2) is 40.0 Å². The summed E-state index contributed by atoms with van der Waals surface area (Å²) < 4.78 is 28.7. The van der Waals surface area contributed by atoms with Crippen LogP contribution in [0.2, 0.25) is 5.02 Å². The molecule has 1 aromatic carbocycles. The Morgan fingerprint density at radius 3 is 2.35 bits per heavy atom. The van der Waals surface area contributed by atoms with E-state index < -0.39 is 10.2 Å². The van der Waals surface area contributed by atoms with Crippen molar-refractivity contribution in [1.29, 1.82) is 0 Å². The van der Waals surface area contributed by atoms with Crippen molar-refractivity contribution >= 4 is 21.8 Å². The van der Waals surface area contributed by atoms with Gasteiger partial charge >= 0.3 is 0 Å². The number of nitrogens with one attached hydrogen (secondary N) is 2. The minimum absolute atomic E-state index is 0.132. The fraction of sp³-hybridized carbons (Fsp3) is 0.538. The van der Waals surface area contributed by atoms with Crippen LogP contribution in [0.4, 0.5) is 0 Å². The normalized spacial score (nSPS) is 13.9. The molecule has 0 radical (unpaired) electrons. The molecule has 0 amide bonds. The Kier molecular flexibility index (Phi) is 6.42. The van der Waals surface area contributed by atoms with E-state index in [4.69, 9.17) is 11.6 Å². The summed E-state index contributed by atoms with van der Waals surface area (Å²) >= 11 is 6.18. The van der Waals surface area contributed by atoms with E-state index in [1.807, 2.05) is 37.2 Å². The van der Waals surface area contributed by atoms with Crippen LogP contribution in [0.25, 0.3) is 0 Å². The predicted molar refractivity (Wildman–Crippen MR) is 83.1 cm³/mol. The molecule has 0 heterocycles. The standard InChI is InChI=1S/C13H22ClN3O2S/c1-10(2)16-20(18,19)15-9-13(17(3)4)11-7-5-6-8-12(11)14/h5-8,10,13,15-16H,9H2,1-4H3. The third kappa shape index (κ3) is 5.38. The van der Waals surface area contributed by atoms with Crippen LogP contribution in [0, 0.1) is 0 Å². The molecule has 0 spiro atoms. The van der Waals surface area contributed by atoms with E-state index in [-0.39, 0.29) is 18.6 Å². The summed E-state index contributed by atoms with van der Waals surface area (Å²) in [6.45, 7) is 3.80. The first-order valence-electron chi connectivity index (χ1n) is 6.40. The topological polar surface area (TPSA) is 61.4 Å². The van der Waals surface area contributed by atoms with Gasteiger partial charge in [0, 0.05) is 23.7 Å². The maximum atomic E-state index is 11.8. The minimum Gasteiger partial charge on any atom is -0.301 e. The summed E-state index contributed by atoms with van der Waals surface area (Å²) in [6, 6.07) is 7.16. The highest BCUT2D eigenvalue weighted by Gasteiger charge is 2.20. The first kappa shape index (κ1) is 17.4. The van der Waals surface area contributed by atoms with Gasteiger partial charge in [-0.3, -0.25) is 0 Å². The summed E-state index contributed by atoms with van der Waals surface area (Å²) in [7, 11) is 0.274. The number of likely N-dealkylation sites (N-methyl/N-ethyl adjacent to an activating group) is 1. The summed E-state index contributed by atoms with van der Waals surface area (Å²) in [6.07, 6.45) is 0. The number of halogens is 1. The number of rotatable bonds is 7. The molecule has 114 valence electrons. The van der Waals surface area contributed by atoms with Crippen molar-refractivity contribution in [2.75, 3.05) is 20.6 Å². The Bertz CT molecular complexity index is 532. The van der Waals surface area contributed by atoms with Gasteiger partial charge in [-0.15, -0.1) is 0 Å². The molecule has 0 bridgehead atoms. The van der Waals surface area contributed by atoms with E-state index in [0.717, 1.165) is 5.56 Å². The molecule has 0 aromatic heterocycles. The van der Waals surface area contributed by atoms with E-state index in [2.05, 4.69) is 9.44 Å². The Balaban J connectivity index is 2.83. The van der Waals surface area contributed by atoms with Gasteiger partial charge in [-0.05, 0) is 39.6 Å². The third-order valence-electron chi connectivity index (χ3n) is 2.75. The van der Waals surface area contributed by atoms with E-state index in [0.29, 0.717) is 5.02 Å². The van der Waals surface area contributed by atoms with E-state index in [1.54, 1.807) is 19.9 Å². The van der Waals surface area contributed by atoms with Crippen LogP contribution in [0.3, 0.4) is 0 Å². The van der Waals surface area contributed by atoms with Gasteiger partial charge in [0.1, 0.15) is 0 Å². The van der Waals surface area contributed by atoms with Crippen molar-refractivity contribution in [3.63, 3.8) is 0 Å². The zero-order chi connectivity index (χ0) is 15.3. The second-order valence-electron chi connectivity index (χ2n) is 5.13. The van der Waals surface area contributed by atoms with Crippen molar-refractivity contribution in [1.82, 2.24) is 14.3 Å². The highest BCUT2D eigenvalue weighted by atomic mass is 35.5. The van der Waals surface area contributed by atoms with Crippen LogP contribution in [0.15, 0.2) is 24.3 Å². The Labute approximate surface area is 126 Å². The van der Waals surface area contributed by atoms with Crippen molar-refractivity contribution in [3.8, 4) is 0 Å². The fourth-order valence-electron chi connectivity index (χ4n) is 1.86. The average molecular weight is 320 g/mol. The largest absolute Gasteiger partial charge is 0.301 e. The zero-order valence-electron chi connectivity index (χ0n) is 12.2. The van der Waals surface area contributed by atoms with Gasteiger partial charge in [-0.25, -0.2) is 4.72 Å². The molecule has 0 aliphatic rings. The Hall–Kier alpha value is -0.660. The molecule has 1 unspecified atom stereocenters. The first-order chi connectivity index (χ1) is 9.23. The molecule has 0 aliphatic heterocycles. The lowest BCUT2D eigenvalue weighted by Gasteiger charge is -2.26. The van der Waals surface area contributed by atoms with Crippen LogP contribution < -0.4 is 9.44 Å². The number of benzene rings is 1. The minimum atomic E-state index is -3.50. The second-order valence-corrected chi connectivity index (χ2v) is 7.06. The third-order valence-corrected chi connectivity index (χ3v) is 4.42. The predicted octanol–water partition coefficient (Wildman–Crippen LogP) is 1.78. The van der Waals surface area contributed by atoms with Crippen molar-refractivity contribution in [3.05, 3.63) is 34.9 Å². The van der Waals surface area contributed by atoms with Crippen LogP contribution in [0.1, 0.15) is 25.5 Å². The molecule has 1 atom stereocenters. The molecule has 1 rings (SSSR count). The highest BCUT2D eigenvalue weighted by Crippen LogP contribution is 2.25. The lowest BCUT2D eigenvalue weighted by atomic mass is 10.1. The van der Waals surface area contributed by atoms with E-state index >= 15 is 0 Å². The molecule has 0 fully saturated rings. The van der Waals surface area contributed by atoms with Gasteiger partial charge in [-0.1, -0.05) is 29.8 Å². The van der Waals surface area contributed by atoms with Gasteiger partial charge in [0.2, 0.25) is 0 Å². The highest BCUT2D eigenvalue weighted by molar-refractivity contribution is 7.87. The summed E-state index contributed by atoms with van der Waals surface area (Å²) in [5, 5.41) is 0.627. The number of hydrogen-bond acceptors (Lipinski definition) is 3. The Morgan fingerprint density at radius 2 is 1.85 bits per heavy atom. The second kappa shape index (κ2) is 7.38. The average Bonchev–Trinajstić information content (AvgIpc) is 2.29. The molecular weight excluding hydrogens is 298 g/mol. The Morgan fingerprint density at radius 1 is 1.25 bits per heavy atom. The molecule has 5 nitrogen and oxygen atoms in total. The molecule has 0 aliphatic carbocycles. The van der Waals surface area contributed by atoms with Gasteiger partial charge in [-0.2, -0.15) is 13.1 Å². The van der Waals surface area contributed by atoms with E-state index in [9.17, 15) is 8.42 Å². The summed E-state index contributed by atoms with van der Waals surface area (Å²) in [5.74, 6) is 0. The fourth-order valence-corrected chi connectivity index (χ4v) is 3.20. The molecule has 20 heavy (non-hydrogen) atoms. The van der Waals surface area contributed by atoms with Gasteiger partial charge in [0.25, 0.3) is 10.2 Å². The van der Waals surface area contributed by atoms with Crippen molar-refractivity contribution in [2.45, 2.75) is 25.9 Å². The number of hydrogen-bond donors (Lipinski definition) is 2. The van der Waals surface area contributed by atoms with Gasteiger partial charge in [0.15, 0.2) is 0 Å². The molecular formula is C13H22ClN3O2S. The SMILES string of the molecule is CC(C)NS(=O)(=O)NCC(c1ccccc1Cl)N(C)C. The van der Waals surface area contributed by atoms with E-state index in [1.165, 1.54) is 0 Å². The molecule has 7 heteroatoms. The summed E-state index contributed by atoms with van der Waals surface area (Å²) in [5.41, 5.74) is 0.895. The summed E-state index contributed by atoms with van der Waals surface area (Å²) in [4.78, 5) is 1.93.